The number of benzene rings is 2. The first-order chi connectivity index (χ1) is 14.1. The van der Waals surface area contributed by atoms with Crippen LogP contribution in [0.25, 0.3) is 11.3 Å². The number of carbonyl (C=O) groups is 1. The molecular weight excluding hydrogens is 364 g/mol. The minimum absolute atomic E-state index is 0.0408. The topological polar surface area (TPSA) is 66.6 Å². The van der Waals surface area contributed by atoms with Gasteiger partial charge in [0.1, 0.15) is 5.69 Å². The number of fused-ring (bicyclic) bond motifs is 1. The van der Waals surface area contributed by atoms with Crippen molar-refractivity contribution < 1.29 is 14.4 Å². The molecule has 3 aromatic rings. The van der Waals surface area contributed by atoms with Crippen LogP contribution in [-0.4, -0.2) is 34.2 Å². The van der Waals surface area contributed by atoms with Crippen LogP contribution in [0, 0.1) is 11.8 Å². The molecule has 1 saturated carbocycles. The molecule has 2 heterocycles. The normalized spacial score (nSPS) is 26.3. The van der Waals surface area contributed by atoms with Crippen LogP contribution in [0.15, 0.2) is 71.3 Å². The highest BCUT2D eigenvalue weighted by atomic mass is 16.5. The van der Waals surface area contributed by atoms with Gasteiger partial charge in [0.05, 0.1) is 5.60 Å². The number of carbonyl (C=O) groups excluding carboxylic acids is 1. The van der Waals surface area contributed by atoms with Crippen molar-refractivity contribution in [1.29, 1.82) is 0 Å². The van der Waals surface area contributed by atoms with Crippen molar-refractivity contribution in [3.05, 3.63) is 78.1 Å². The highest BCUT2D eigenvalue weighted by Gasteiger charge is 2.50. The number of hydrogen-bond donors (Lipinski definition) is 1. The molecule has 1 N–H and O–H groups in total. The summed E-state index contributed by atoms with van der Waals surface area (Å²) in [7, 11) is 0. The third-order valence-electron chi connectivity index (χ3n) is 6.54. The molecule has 1 aliphatic carbocycles. The van der Waals surface area contributed by atoms with Gasteiger partial charge in [0.2, 0.25) is 5.76 Å². The Morgan fingerprint density at radius 1 is 1.07 bits per heavy atom. The Labute approximate surface area is 169 Å². The lowest BCUT2D eigenvalue weighted by Gasteiger charge is -2.41. The minimum atomic E-state index is -0.879. The first kappa shape index (κ1) is 18.1. The molecule has 2 fully saturated rings. The van der Waals surface area contributed by atoms with E-state index in [-0.39, 0.29) is 17.6 Å². The molecule has 0 spiro atoms. The molecule has 1 aliphatic heterocycles. The molecule has 1 aromatic heterocycles. The van der Waals surface area contributed by atoms with Crippen molar-refractivity contribution in [2.45, 2.75) is 24.9 Å². The van der Waals surface area contributed by atoms with Gasteiger partial charge in [0, 0.05) is 30.6 Å². The first-order valence-corrected chi connectivity index (χ1v) is 10.2. The van der Waals surface area contributed by atoms with Gasteiger partial charge in [0.15, 0.2) is 0 Å². The Kier molecular flexibility index (Phi) is 4.47. The summed E-state index contributed by atoms with van der Waals surface area (Å²) in [5.41, 5.74) is 1.65. The number of hydrogen-bond acceptors (Lipinski definition) is 4. The van der Waals surface area contributed by atoms with Crippen LogP contribution < -0.4 is 0 Å². The van der Waals surface area contributed by atoms with Crippen LogP contribution in [0.5, 0.6) is 0 Å². The Morgan fingerprint density at radius 2 is 1.79 bits per heavy atom. The molecule has 3 atom stereocenters. The Morgan fingerprint density at radius 3 is 2.55 bits per heavy atom. The van der Waals surface area contributed by atoms with Gasteiger partial charge in [-0.1, -0.05) is 65.8 Å². The fraction of sp³-hybridized carbons (Fsp3) is 0.333. The van der Waals surface area contributed by atoms with Crippen molar-refractivity contribution in [3.8, 4) is 11.3 Å². The SMILES string of the molecule is O=C(c1cc(-c2ccccc2)no1)N1C[C@@H]2CCC[C@@](O)(c3ccccc3)[C@@H]2C1. The number of nitrogens with zero attached hydrogens (tertiary/aromatic N) is 2. The van der Waals surface area contributed by atoms with Crippen LogP contribution in [0.1, 0.15) is 35.4 Å². The van der Waals surface area contributed by atoms with Gasteiger partial charge in [0.25, 0.3) is 5.91 Å². The van der Waals surface area contributed by atoms with E-state index in [2.05, 4.69) is 5.16 Å². The number of likely N-dealkylation sites (tertiary alicyclic amines) is 1. The first-order valence-electron chi connectivity index (χ1n) is 10.2. The summed E-state index contributed by atoms with van der Waals surface area (Å²) < 4.78 is 5.38. The molecular formula is C24H24N2O3. The van der Waals surface area contributed by atoms with Gasteiger partial charge < -0.3 is 14.5 Å². The van der Waals surface area contributed by atoms with E-state index in [0.717, 1.165) is 30.4 Å². The van der Waals surface area contributed by atoms with Crippen LogP contribution in [-0.2, 0) is 5.60 Å². The lowest BCUT2D eigenvalue weighted by molar-refractivity contribution is -0.0644. The molecule has 1 saturated heterocycles. The molecule has 5 nitrogen and oxygen atoms in total. The van der Waals surface area contributed by atoms with Gasteiger partial charge in [-0.25, -0.2) is 0 Å². The summed E-state index contributed by atoms with van der Waals surface area (Å²) in [6, 6.07) is 21.3. The lowest BCUT2D eigenvalue weighted by Crippen LogP contribution is -2.42. The fourth-order valence-corrected chi connectivity index (χ4v) is 5.05. The summed E-state index contributed by atoms with van der Waals surface area (Å²) in [6.07, 6.45) is 2.74. The maximum atomic E-state index is 13.1. The maximum absolute atomic E-state index is 13.1. The average molecular weight is 388 g/mol. The number of aliphatic hydroxyl groups is 1. The maximum Gasteiger partial charge on any atom is 0.292 e. The van der Waals surface area contributed by atoms with Gasteiger partial charge in [-0.2, -0.15) is 0 Å². The highest BCUT2D eigenvalue weighted by molar-refractivity contribution is 5.92. The van der Waals surface area contributed by atoms with Crippen molar-refractivity contribution in [3.63, 3.8) is 0 Å². The molecule has 2 aromatic carbocycles. The molecule has 29 heavy (non-hydrogen) atoms. The average Bonchev–Trinajstić information content (AvgIpc) is 3.43. The second kappa shape index (κ2) is 7.16. The molecule has 1 amide bonds. The number of aromatic nitrogens is 1. The summed E-state index contributed by atoms with van der Waals surface area (Å²) in [4.78, 5) is 14.9. The Hall–Kier alpha value is -2.92. The van der Waals surface area contributed by atoms with Crippen molar-refractivity contribution in [2.75, 3.05) is 13.1 Å². The van der Waals surface area contributed by atoms with E-state index in [1.807, 2.05) is 65.6 Å². The van der Waals surface area contributed by atoms with Crippen LogP contribution in [0.2, 0.25) is 0 Å². The zero-order chi connectivity index (χ0) is 19.8. The molecule has 5 heteroatoms. The molecule has 0 unspecified atom stereocenters. The smallest absolute Gasteiger partial charge is 0.292 e. The third-order valence-corrected chi connectivity index (χ3v) is 6.54. The second-order valence-corrected chi connectivity index (χ2v) is 8.20. The predicted octanol–water partition coefficient (Wildman–Crippen LogP) is 4.10. The standard InChI is InChI=1S/C24H24N2O3/c27-23(22-14-21(25-29-22)17-8-3-1-4-9-17)26-15-18-10-7-13-24(28,20(18)16-26)19-11-5-2-6-12-19/h1-6,8-9,11-12,14,18,20,28H,7,10,13,15-16H2/t18-,20+,24+/m0/s1. The van der Waals surface area contributed by atoms with E-state index < -0.39 is 5.60 Å². The largest absolute Gasteiger partial charge is 0.385 e. The van der Waals surface area contributed by atoms with Crippen molar-refractivity contribution in [1.82, 2.24) is 10.1 Å². The van der Waals surface area contributed by atoms with E-state index in [1.165, 1.54) is 0 Å². The van der Waals surface area contributed by atoms with Crippen LogP contribution in [0.4, 0.5) is 0 Å². The van der Waals surface area contributed by atoms with E-state index in [0.29, 0.717) is 24.7 Å². The molecule has 5 rings (SSSR count). The van der Waals surface area contributed by atoms with Crippen molar-refractivity contribution in [2.24, 2.45) is 11.8 Å². The van der Waals surface area contributed by atoms with Crippen LogP contribution >= 0.6 is 0 Å². The van der Waals surface area contributed by atoms with Gasteiger partial charge >= 0.3 is 0 Å². The molecule has 0 bridgehead atoms. The van der Waals surface area contributed by atoms with Gasteiger partial charge in [-0.05, 0) is 30.7 Å². The zero-order valence-corrected chi connectivity index (χ0v) is 16.2. The van der Waals surface area contributed by atoms with E-state index in [9.17, 15) is 9.90 Å². The lowest BCUT2D eigenvalue weighted by atomic mass is 9.67. The quantitative estimate of drug-likeness (QED) is 0.734. The summed E-state index contributed by atoms with van der Waals surface area (Å²) in [5, 5.41) is 15.6. The molecule has 148 valence electrons. The second-order valence-electron chi connectivity index (χ2n) is 8.20. The van der Waals surface area contributed by atoms with Gasteiger partial charge in [-0.3, -0.25) is 4.79 Å². The summed E-state index contributed by atoms with van der Waals surface area (Å²) >= 11 is 0. The number of rotatable bonds is 3. The van der Waals surface area contributed by atoms with E-state index in [1.54, 1.807) is 6.07 Å². The van der Waals surface area contributed by atoms with Crippen molar-refractivity contribution >= 4 is 5.91 Å². The highest BCUT2D eigenvalue weighted by Crippen LogP contribution is 2.48. The molecule has 2 aliphatic rings. The minimum Gasteiger partial charge on any atom is -0.385 e. The third kappa shape index (κ3) is 3.15. The van der Waals surface area contributed by atoms with Crippen LogP contribution in [0.3, 0.4) is 0 Å². The van der Waals surface area contributed by atoms with Gasteiger partial charge in [-0.15, -0.1) is 0 Å². The van der Waals surface area contributed by atoms with E-state index >= 15 is 0 Å². The predicted molar refractivity (Wildman–Crippen MR) is 109 cm³/mol. The Bertz CT molecular complexity index is 1000. The number of amides is 1. The fourth-order valence-electron chi connectivity index (χ4n) is 5.05. The van der Waals surface area contributed by atoms with E-state index in [4.69, 9.17) is 4.52 Å². The monoisotopic (exact) mass is 388 g/mol. The Balaban J connectivity index is 1.37. The summed E-state index contributed by atoms with van der Waals surface area (Å²) in [6.45, 7) is 1.19. The molecule has 0 radical (unpaired) electrons. The zero-order valence-electron chi connectivity index (χ0n) is 16.2. The summed E-state index contributed by atoms with van der Waals surface area (Å²) in [5.74, 6) is 0.448.